The summed E-state index contributed by atoms with van der Waals surface area (Å²) in [5.74, 6) is -1.37. The first-order valence-corrected chi connectivity index (χ1v) is 10.4. The predicted molar refractivity (Wildman–Crippen MR) is 101 cm³/mol. The number of benzene rings is 1. The molecule has 1 aromatic heterocycles. The number of amides is 1. The highest BCUT2D eigenvalue weighted by Crippen LogP contribution is 2.48. The Kier molecular flexibility index (Phi) is 4.29. The van der Waals surface area contributed by atoms with Gasteiger partial charge in [0.25, 0.3) is 5.91 Å². The Balaban J connectivity index is 1.34. The van der Waals surface area contributed by atoms with Gasteiger partial charge in [-0.05, 0) is 30.5 Å². The van der Waals surface area contributed by atoms with Crippen LogP contribution in [0.15, 0.2) is 24.4 Å². The van der Waals surface area contributed by atoms with E-state index in [0.29, 0.717) is 49.2 Å². The lowest BCUT2D eigenvalue weighted by atomic mass is 9.90. The molecule has 6 nitrogen and oxygen atoms in total. The van der Waals surface area contributed by atoms with E-state index in [0.717, 1.165) is 11.2 Å². The highest BCUT2D eigenvalue weighted by Gasteiger charge is 2.58. The molecule has 3 aliphatic heterocycles. The fraction of sp³-hybridized carbons (Fsp3) is 0.450. The topological polar surface area (TPSA) is 69.5 Å². The molecule has 2 unspecified atom stereocenters. The number of rotatable bonds is 2. The minimum Gasteiger partial charge on any atom is -0.348 e. The molecule has 5 rings (SSSR count). The van der Waals surface area contributed by atoms with E-state index in [1.165, 1.54) is 23.5 Å². The fourth-order valence-electron chi connectivity index (χ4n) is 4.66. The van der Waals surface area contributed by atoms with Gasteiger partial charge in [0.15, 0.2) is 10.7 Å². The maximum absolute atomic E-state index is 13.7. The number of ether oxygens (including phenoxy) is 1. The number of hydrogen-bond acceptors (Lipinski definition) is 6. The minimum absolute atomic E-state index is 0.0915. The molecule has 29 heavy (non-hydrogen) atoms. The lowest BCUT2D eigenvalue weighted by molar-refractivity contribution is -0.140. The summed E-state index contributed by atoms with van der Waals surface area (Å²) in [6, 6.07) is 5.15. The van der Waals surface area contributed by atoms with E-state index in [1.807, 2.05) is 0 Å². The first-order chi connectivity index (χ1) is 14.0. The molecule has 0 aliphatic carbocycles. The molecule has 1 aromatic carbocycles. The third-order valence-electron chi connectivity index (χ3n) is 6.03. The number of piperidine rings is 1. The van der Waals surface area contributed by atoms with Crippen molar-refractivity contribution in [2.75, 3.05) is 18.0 Å². The maximum atomic E-state index is 13.7. The van der Waals surface area contributed by atoms with Crippen molar-refractivity contribution < 1.29 is 18.3 Å². The lowest BCUT2D eigenvalue weighted by Gasteiger charge is -2.37. The summed E-state index contributed by atoms with van der Waals surface area (Å²) in [6.07, 6.45) is 3.51. The summed E-state index contributed by atoms with van der Waals surface area (Å²) in [5.41, 5.74) is -0.413. The molecule has 3 fully saturated rings. The SMILES string of the molecule is N#Cc1cnc(N2CCC3(CC2)OC2CCC(c4cc(F)cc(F)c4)N2C3=O)s1. The molecule has 2 aromatic rings. The number of hydrogen-bond donors (Lipinski definition) is 0. The molecular formula is C20H18F2N4O2S. The molecule has 1 amide bonds. The molecule has 9 heteroatoms. The standard InChI is InChI=1S/C20H18F2N4O2S/c21-13-7-12(8-14(22)9-13)16-1-2-17-26(16)18(27)20(28-17)3-5-25(6-4-20)19-24-11-15(10-23)29-19/h7-9,11,16-17H,1-6H2. The first-order valence-electron chi connectivity index (χ1n) is 9.56. The van der Waals surface area contributed by atoms with Crippen LogP contribution in [0.25, 0.3) is 0 Å². The molecule has 150 valence electrons. The quantitative estimate of drug-likeness (QED) is 0.751. The average Bonchev–Trinajstić information content (AvgIpc) is 3.39. The van der Waals surface area contributed by atoms with E-state index >= 15 is 0 Å². The van der Waals surface area contributed by atoms with Crippen LogP contribution in [0.3, 0.4) is 0 Å². The molecule has 0 saturated carbocycles. The van der Waals surface area contributed by atoms with Crippen LogP contribution in [0.4, 0.5) is 13.9 Å². The summed E-state index contributed by atoms with van der Waals surface area (Å²) in [4.78, 5) is 21.9. The van der Waals surface area contributed by atoms with Gasteiger partial charge in [0.2, 0.25) is 0 Å². The summed E-state index contributed by atoms with van der Waals surface area (Å²) in [6.45, 7) is 1.20. The van der Waals surface area contributed by atoms with Crippen molar-refractivity contribution in [3.05, 3.63) is 46.5 Å². The van der Waals surface area contributed by atoms with Gasteiger partial charge < -0.3 is 14.5 Å². The highest BCUT2D eigenvalue weighted by molar-refractivity contribution is 7.16. The number of fused-ring (bicyclic) bond motifs is 1. The van der Waals surface area contributed by atoms with Crippen molar-refractivity contribution in [3.63, 3.8) is 0 Å². The third kappa shape index (κ3) is 2.98. The number of carbonyl (C=O) groups is 1. The maximum Gasteiger partial charge on any atom is 0.257 e. The van der Waals surface area contributed by atoms with Crippen LogP contribution in [-0.2, 0) is 9.53 Å². The second kappa shape index (κ2) is 6.75. The molecule has 2 atom stereocenters. The lowest BCUT2D eigenvalue weighted by Crippen LogP contribution is -2.50. The van der Waals surface area contributed by atoms with Gasteiger partial charge in [-0.3, -0.25) is 4.79 Å². The van der Waals surface area contributed by atoms with E-state index < -0.39 is 17.2 Å². The van der Waals surface area contributed by atoms with E-state index in [-0.39, 0.29) is 18.2 Å². The minimum atomic E-state index is -0.888. The Bertz CT molecular complexity index is 992. The third-order valence-corrected chi connectivity index (χ3v) is 7.00. The van der Waals surface area contributed by atoms with Crippen LogP contribution in [0.1, 0.15) is 42.2 Å². The van der Waals surface area contributed by atoms with Gasteiger partial charge in [-0.2, -0.15) is 5.26 Å². The number of aromatic nitrogens is 1. The number of carbonyl (C=O) groups excluding carboxylic acids is 1. The average molecular weight is 416 g/mol. The zero-order valence-corrected chi connectivity index (χ0v) is 16.3. The Labute approximate surface area is 170 Å². The molecule has 0 radical (unpaired) electrons. The van der Waals surface area contributed by atoms with Gasteiger partial charge >= 0.3 is 0 Å². The molecule has 3 aliphatic rings. The van der Waals surface area contributed by atoms with Crippen LogP contribution in [0, 0.1) is 23.0 Å². The van der Waals surface area contributed by atoms with Crippen LogP contribution in [0.5, 0.6) is 0 Å². The number of nitrogens with zero attached hydrogens (tertiary/aromatic N) is 4. The molecule has 3 saturated heterocycles. The number of nitriles is 1. The summed E-state index contributed by atoms with van der Waals surface area (Å²) in [5, 5.41) is 9.75. The molecular weight excluding hydrogens is 398 g/mol. The van der Waals surface area contributed by atoms with E-state index in [9.17, 15) is 13.6 Å². The number of thiazole rings is 1. The van der Waals surface area contributed by atoms with Gasteiger partial charge in [0.05, 0.1) is 12.2 Å². The molecule has 1 spiro atoms. The van der Waals surface area contributed by atoms with Crippen molar-refractivity contribution in [1.29, 1.82) is 5.26 Å². The highest BCUT2D eigenvalue weighted by atomic mass is 32.1. The Hall–Kier alpha value is -2.57. The van der Waals surface area contributed by atoms with E-state index in [4.69, 9.17) is 10.00 Å². The second-order valence-corrected chi connectivity index (χ2v) is 8.69. The Morgan fingerprint density at radius 1 is 1.21 bits per heavy atom. The molecule has 4 heterocycles. The zero-order chi connectivity index (χ0) is 20.2. The molecule has 0 N–H and O–H groups in total. The smallest absolute Gasteiger partial charge is 0.257 e. The van der Waals surface area contributed by atoms with Gasteiger partial charge in [0, 0.05) is 32.0 Å². The summed E-state index contributed by atoms with van der Waals surface area (Å²) >= 11 is 1.33. The number of anilines is 1. The van der Waals surface area contributed by atoms with E-state index in [1.54, 1.807) is 11.1 Å². The largest absolute Gasteiger partial charge is 0.348 e. The van der Waals surface area contributed by atoms with Gasteiger partial charge in [-0.1, -0.05) is 11.3 Å². The van der Waals surface area contributed by atoms with Crippen LogP contribution >= 0.6 is 11.3 Å². The monoisotopic (exact) mass is 416 g/mol. The second-order valence-electron chi connectivity index (χ2n) is 7.68. The van der Waals surface area contributed by atoms with Crippen molar-refractivity contribution in [2.45, 2.75) is 43.6 Å². The van der Waals surface area contributed by atoms with Crippen LogP contribution < -0.4 is 4.90 Å². The zero-order valence-electron chi connectivity index (χ0n) is 15.5. The van der Waals surface area contributed by atoms with Crippen molar-refractivity contribution in [2.24, 2.45) is 0 Å². The van der Waals surface area contributed by atoms with Crippen LogP contribution in [-0.4, -0.2) is 40.7 Å². The summed E-state index contributed by atoms with van der Waals surface area (Å²) in [7, 11) is 0. The predicted octanol–water partition coefficient (Wildman–Crippen LogP) is 3.35. The first kappa shape index (κ1) is 18.5. The van der Waals surface area contributed by atoms with Crippen molar-refractivity contribution >= 4 is 22.4 Å². The fourth-order valence-corrected chi connectivity index (χ4v) is 5.43. The van der Waals surface area contributed by atoms with Crippen molar-refractivity contribution in [1.82, 2.24) is 9.88 Å². The van der Waals surface area contributed by atoms with Crippen molar-refractivity contribution in [3.8, 4) is 6.07 Å². The number of halogens is 2. The van der Waals surface area contributed by atoms with Crippen LogP contribution in [0.2, 0.25) is 0 Å². The Morgan fingerprint density at radius 3 is 2.59 bits per heavy atom. The van der Waals surface area contributed by atoms with Gasteiger partial charge in [0.1, 0.15) is 28.8 Å². The van der Waals surface area contributed by atoms with E-state index in [2.05, 4.69) is 16.0 Å². The van der Waals surface area contributed by atoms with Gasteiger partial charge in [-0.25, -0.2) is 13.8 Å². The Morgan fingerprint density at radius 2 is 1.93 bits per heavy atom. The molecule has 0 bridgehead atoms. The van der Waals surface area contributed by atoms with Gasteiger partial charge in [-0.15, -0.1) is 0 Å². The normalized spacial score (nSPS) is 25.5. The summed E-state index contributed by atoms with van der Waals surface area (Å²) < 4.78 is 33.6.